The van der Waals surface area contributed by atoms with Gasteiger partial charge in [0.2, 0.25) is 0 Å². The zero-order valence-corrected chi connectivity index (χ0v) is 11.4. The summed E-state index contributed by atoms with van der Waals surface area (Å²) < 4.78 is 37.9. The molecule has 0 fully saturated rings. The van der Waals surface area contributed by atoms with Crippen LogP contribution in [0.15, 0.2) is 46.9 Å². The molecule has 1 aromatic heterocycles. The molecular weight excluding hydrogens is 303 g/mol. The zero-order chi connectivity index (χ0) is 15.1. The Kier molecular flexibility index (Phi) is 3.26. The van der Waals surface area contributed by atoms with Gasteiger partial charge in [-0.1, -0.05) is 35.5 Å². The van der Waals surface area contributed by atoms with E-state index >= 15 is 0 Å². The number of hydrogen-bond donors (Lipinski definition) is 1. The number of alkyl halides is 3. The predicted molar refractivity (Wildman–Crippen MR) is 73.0 cm³/mol. The quantitative estimate of drug-likeness (QED) is 0.916. The van der Waals surface area contributed by atoms with Gasteiger partial charge in [-0.05, 0) is 22.6 Å². The number of thiophene rings is 1. The summed E-state index contributed by atoms with van der Waals surface area (Å²) in [4.78, 5) is 5.26. The molecule has 0 amide bonds. The molecule has 0 saturated heterocycles. The van der Waals surface area contributed by atoms with Gasteiger partial charge in [0.05, 0.1) is 12.1 Å². The van der Waals surface area contributed by atoms with Crippen LogP contribution in [0.2, 0.25) is 0 Å². The summed E-state index contributed by atoms with van der Waals surface area (Å²) in [6.07, 6.45) is -5.59. The van der Waals surface area contributed by atoms with Gasteiger partial charge in [0, 0.05) is 4.88 Å². The molecule has 0 aliphatic carbocycles. The Labute approximate surface area is 122 Å². The van der Waals surface area contributed by atoms with Crippen LogP contribution in [-0.2, 0) is 4.84 Å². The molecule has 21 heavy (non-hydrogen) atoms. The molecule has 0 spiro atoms. The monoisotopic (exact) mass is 313 g/mol. The van der Waals surface area contributed by atoms with E-state index in [0.717, 1.165) is 10.4 Å². The highest BCUT2D eigenvalue weighted by atomic mass is 32.1. The molecule has 110 valence electrons. The van der Waals surface area contributed by atoms with Gasteiger partial charge in [0.1, 0.15) is 0 Å². The zero-order valence-electron chi connectivity index (χ0n) is 10.6. The second-order valence-electron chi connectivity index (χ2n) is 4.64. The van der Waals surface area contributed by atoms with Crippen molar-refractivity contribution >= 4 is 17.0 Å². The van der Waals surface area contributed by atoms with Gasteiger partial charge < -0.3 is 9.94 Å². The SMILES string of the molecule is OC1(C(F)(F)F)CC(c2ccc(-c3cccs3)cc2)=NO1. The molecule has 7 heteroatoms. The third kappa shape index (κ3) is 2.54. The first-order valence-corrected chi connectivity index (χ1v) is 6.95. The fourth-order valence-electron chi connectivity index (χ4n) is 2.00. The average Bonchev–Trinajstić information content (AvgIpc) is 3.08. The van der Waals surface area contributed by atoms with E-state index in [1.807, 2.05) is 17.5 Å². The minimum atomic E-state index is -4.88. The maximum Gasteiger partial charge on any atom is 0.458 e. The first kappa shape index (κ1) is 14.1. The minimum absolute atomic E-state index is 0.0764. The molecule has 1 aliphatic heterocycles. The highest BCUT2D eigenvalue weighted by molar-refractivity contribution is 7.13. The molecule has 1 atom stereocenters. The Bertz CT molecular complexity index is 665. The maximum atomic E-state index is 12.6. The summed E-state index contributed by atoms with van der Waals surface area (Å²) in [5.41, 5.74) is 1.54. The highest BCUT2D eigenvalue weighted by Gasteiger charge is 2.60. The molecule has 1 aromatic carbocycles. The van der Waals surface area contributed by atoms with Crippen LogP contribution in [0, 0.1) is 0 Å². The van der Waals surface area contributed by atoms with Gasteiger partial charge in [-0.3, -0.25) is 0 Å². The topological polar surface area (TPSA) is 41.8 Å². The van der Waals surface area contributed by atoms with E-state index in [0.29, 0.717) is 5.56 Å². The molecule has 1 aliphatic rings. The average molecular weight is 313 g/mol. The van der Waals surface area contributed by atoms with Crippen LogP contribution in [0.1, 0.15) is 12.0 Å². The normalized spacial score (nSPS) is 22.0. The van der Waals surface area contributed by atoms with Crippen molar-refractivity contribution in [3.05, 3.63) is 47.3 Å². The standard InChI is InChI=1S/C14H10F3NO2S/c15-14(16,17)13(19)8-11(18-20-13)9-3-5-10(6-4-9)12-2-1-7-21-12/h1-7,19H,8H2. The lowest BCUT2D eigenvalue weighted by Crippen LogP contribution is -2.45. The second kappa shape index (κ2) is 4.85. The van der Waals surface area contributed by atoms with E-state index < -0.39 is 18.4 Å². The van der Waals surface area contributed by atoms with E-state index in [9.17, 15) is 18.3 Å². The van der Waals surface area contributed by atoms with E-state index in [2.05, 4.69) is 9.99 Å². The summed E-state index contributed by atoms with van der Waals surface area (Å²) >= 11 is 1.57. The van der Waals surface area contributed by atoms with Crippen molar-refractivity contribution in [2.45, 2.75) is 18.4 Å². The first-order chi connectivity index (χ1) is 9.89. The van der Waals surface area contributed by atoms with Crippen LogP contribution in [-0.4, -0.2) is 22.8 Å². The summed E-state index contributed by atoms with van der Waals surface area (Å²) in [5, 5.41) is 14.7. The van der Waals surface area contributed by atoms with Gasteiger partial charge in [-0.15, -0.1) is 11.3 Å². The van der Waals surface area contributed by atoms with Crippen LogP contribution >= 0.6 is 11.3 Å². The smallest absolute Gasteiger partial charge is 0.350 e. The molecule has 2 aromatic rings. The number of aliphatic hydroxyl groups is 1. The Hall–Kier alpha value is -1.86. The summed E-state index contributed by atoms with van der Waals surface area (Å²) in [7, 11) is 0. The van der Waals surface area contributed by atoms with Crippen molar-refractivity contribution in [2.75, 3.05) is 0 Å². The molecule has 0 saturated carbocycles. The van der Waals surface area contributed by atoms with Crippen LogP contribution in [0.25, 0.3) is 10.4 Å². The van der Waals surface area contributed by atoms with E-state index in [-0.39, 0.29) is 5.71 Å². The molecule has 0 bridgehead atoms. The maximum absolute atomic E-state index is 12.6. The van der Waals surface area contributed by atoms with Crippen LogP contribution in [0.3, 0.4) is 0 Å². The summed E-state index contributed by atoms with van der Waals surface area (Å²) in [6, 6.07) is 10.8. The number of halogens is 3. The Balaban J connectivity index is 1.80. The largest absolute Gasteiger partial charge is 0.458 e. The lowest BCUT2D eigenvalue weighted by atomic mass is 10.0. The van der Waals surface area contributed by atoms with E-state index in [1.165, 1.54) is 0 Å². The third-order valence-corrected chi connectivity index (χ3v) is 4.10. The minimum Gasteiger partial charge on any atom is -0.350 e. The predicted octanol–water partition coefficient (Wildman–Crippen LogP) is 3.79. The van der Waals surface area contributed by atoms with Gasteiger partial charge in [-0.2, -0.15) is 13.2 Å². The van der Waals surface area contributed by atoms with Gasteiger partial charge >= 0.3 is 12.0 Å². The lowest BCUT2D eigenvalue weighted by Gasteiger charge is -2.22. The van der Waals surface area contributed by atoms with Gasteiger partial charge in [-0.25, -0.2) is 0 Å². The molecule has 1 N–H and O–H groups in total. The molecule has 1 unspecified atom stereocenters. The van der Waals surface area contributed by atoms with E-state index in [1.54, 1.807) is 35.6 Å². The van der Waals surface area contributed by atoms with Crippen molar-refractivity contribution in [1.82, 2.24) is 0 Å². The van der Waals surface area contributed by atoms with Crippen molar-refractivity contribution in [2.24, 2.45) is 5.16 Å². The highest BCUT2D eigenvalue weighted by Crippen LogP contribution is 2.39. The van der Waals surface area contributed by atoms with Gasteiger partial charge in [0.15, 0.2) is 0 Å². The Morgan fingerprint density at radius 3 is 2.33 bits per heavy atom. The lowest BCUT2D eigenvalue weighted by molar-refractivity contribution is -0.355. The fourth-order valence-corrected chi connectivity index (χ4v) is 2.73. The van der Waals surface area contributed by atoms with Crippen molar-refractivity contribution < 1.29 is 23.1 Å². The third-order valence-electron chi connectivity index (χ3n) is 3.18. The van der Waals surface area contributed by atoms with Crippen molar-refractivity contribution in [3.63, 3.8) is 0 Å². The number of rotatable bonds is 2. The number of hydrogen-bond acceptors (Lipinski definition) is 4. The molecular formula is C14H10F3NO2S. The van der Waals surface area contributed by atoms with Gasteiger partial charge in [0.25, 0.3) is 0 Å². The Morgan fingerprint density at radius 2 is 1.81 bits per heavy atom. The molecule has 3 nitrogen and oxygen atoms in total. The number of oxime groups is 1. The molecule has 0 radical (unpaired) electrons. The van der Waals surface area contributed by atoms with Crippen LogP contribution < -0.4 is 0 Å². The molecule has 2 heterocycles. The van der Waals surface area contributed by atoms with E-state index in [4.69, 9.17) is 0 Å². The fraction of sp³-hybridized carbons (Fsp3) is 0.214. The van der Waals surface area contributed by atoms with Crippen molar-refractivity contribution in [1.29, 1.82) is 0 Å². The van der Waals surface area contributed by atoms with Crippen molar-refractivity contribution in [3.8, 4) is 10.4 Å². The second-order valence-corrected chi connectivity index (χ2v) is 5.59. The number of nitrogens with zero attached hydrogens (tertiary/aromatic N) is 1. The Morgan fingerprint density at radius 1 is 1.14 bits per heavy atom. The van der Waals surface area contributed by atoms with Crippen LogP contribution in [0.5, 0.6) is 0 Å². The van der Waals surface area contributed by atoms with Crippen LogP contribution in [0.4, 0.5) is 13.2 Å². The number of benzene rings is 1. The summed E-state index contributed by atoms with van der Waals surface area (Å²) in [5.74, 6) is -3.23. The first-order valence-electron chi connectivity index (χ1n) is 6.07. The summed E-state index contributed by atoms with van der Waals surface area (Å²) in [6.45, 7) is 0. The molecule has 3 rings (SSSR count).